The van der Waals surface area contributed by atoms with Crippen molar-refractivity contribution >= 4 is 34.0 Å². The van der Waals surface area contributed by atoms with Gasteiger partial charge in [0.15, 0.2) is 0 Å². The van der Waals surface area contributed by atoms with E-state index in [1.807, 2.05) is 42.5 Å². The molecule has 0 fully saturated rings. The molecular weight excluding hydrogens is 276 g/mol. The summed E-state index contributed by atoms with van der Waals surface area (Å²) in [7, 11) is 1.48. The first-order valence-electron chi connectivity index (χ1n) is 5.96. The fourth-order valence-electron chi connectivity index (χ4n) is 1.93. The first-order chi connectivity index (χ1) is 9.76. The van der Waals surface area contributed by atoms with E-state index in [-0.39, 0.29) is 11.3 Å². The van der Waals surface area contributed by atoms with E-state index < -0.39 is 0 Å². The maximum Gasteiger partial charge on any atom is 0.322 e. The molecule has 0 unspecified atom stereocenters. The van der Waals surface area contributed by atoms with Gasteiger partial charge in [-0.1, -0.05) is 36.4 Å². The smallest absolute Gasteiger partial charge is 0.322 e. The van der Waals surface area contributed by atoms with Crippen molar-refractivity contribution in [2.75, 3.05) is 12.4 Å². The molecule has 6 heteroatoms. The predicted octanol–water partition coefficient (Wildman–Crippen LogP) is 3.43. The molecule has 1 heterocycles. The normalized spacial score (nSPS) is 10.5. The standard InChI is InChI=1S/C14H11ClN4O/c1-20-14-18-12(15)17-13(19-14)16-11-8-4-6-9-5-2-3-7-10(9)11/h2-8H,1H3,(H,16,17,18,19). The Morgan fingerprint density at radius 2 is 1.80 bits per heavy atom. The maximum atomic E-state index is 5.83. The van der Waals surface area contributed by atoms with Gasteiger partial charge in [-0.15, -0.1) is 0 Å². The third kappa shape index (κ3) is 2.48. The van der Waals surface area contributed by atoms with Crippen LogP contribution in [0.2, 0.25) is 5.28 Å². The molecule has 100 valence electrons. The summed E-state index contributed by atoms with van der Waals surface area (Å²) in [5, 5.41) is 5.42. The highest BCUT2D eigenvalue weighted by Gasteiger charge is 2.07. The van der Waals surface area contributed by atoms with Crippen molar-refractivity contribution < 1.29 is 4.74 Å². The monoisotopic (exact) mass is 286 g/mol. The SMILES string of the molecule is COc1nc(Cl)nc(Nc2cccc3ccccc23)n1. The van der Waals surface area contributed by atoms with Crippen LogP contribution in [0.25, 0.3) is 10.8 Å². The number of aromatic nitrogens is 3. The minimum atomic E-state index is 0.0830. The van der Waals surface area contributed by atoms with Crippen LogP contribution in [0.3, 0.4) is 0 Å². The van der Waals surface area contributed by atoms with Gasteiger partial charge in [0.2, 0.25) is 11.2 Å². The number of nitrogens with zero attached hydrogens (tertiary/aromatic N) is 3. The van der Waals surface area contributed by atoms with Crippen molar-refractivity contribution in [2.24, 2.45) is 0 Å². The number of anilines is 2. The Labute approximate surface area is 120 Å². The van der Waals surface area contributed by atoms with Crippen molar-refractivity contribution in [1.29, 1.82) is 0 Å². The lowest BCUT2D eigenvalue weighted by Crippen LogP contribution is -2.02. The number of halogens is 1. The zero-order valence-corrected chi connectivity index (χ0v) is 11.4. The molecule has 0 spiro atoms. The number of methoxy groups -OCH3 is 1. The molecule has 0 aliphatic carbocycles. The lowest BCUT2D eigenvalue weighted by molar-refractivity contribution is 0.379. The van der Waals surface area contributed by atoms with Gasteiger partial charge in [-0.05, 0) is 23.1 Å². The minimum absolute atomic E-state index is 0.0830. The van der Waals surface area contributed by atoms with Gasteiger partial charge in [-0.3, -0.25) is 0 Å². The van der Waals surface area contributed by atoms with Crippen LogP contribution >= 0.6 is 11.6 Å². The highest BCUT2D eigenvalue weighted by atomic mass is 35.5. The third-order valence-corrected chi connectivity index (χ3v) is 2.98. The number of ether oxygens (including phenoxy) is 1. The molecule has 5 nitrogen and oxygen atoms in total. The van der Waals surface area contributed by atoms with Crippen molar-refractivity contribution in [3.8, 4) is 6.01 Å². The average molecular weight is 287 g/mol. The van der Waals surface area contributed by atoms with E-state index in [0.717, 1.165) is 16.5 Å². The molecule has 0 saturated carbocycles. The highest BCUT2D eigenvalue weighted by Crippen LogP contribution is 2.25. The van der Waals surface area contributed by atoms with Gasteiger partial charge in [0, 0.05) is 11.1 Å². The van der Waals surface area contributed by atoms with E-state index in [4.69, 9.17) is 16.3 Å². The fourth-order valence-corrected chi connectivity index (χ4v) is 2.09. The number of nitrogens with one attached hydrogen (secondary N) is 1. The summed E-state index contributed by atoms with van der Waals surface area (Å²) >= 11 is 5.83. The molecule has 1 aromatic heterocycles. The molecule has 0 aliphatic rings. The summed E-state index contributed by atoms with van der Waals surface area (Å²) in [5.74, 6) is 0.346. The Bertz CT molecular complexity index is 758. The van der Waals surface area contributed by atoms with Crippen LogP contribution < -0.4 is 10.1 Å². The number of benzene rings is 2. The predicted molar refractivity (Wildman–Crippen MR) is 78.6 cm³/mol. The molecule has 1 N–H and O–H groups in total. The van der Waals surface area contributed by atoms with Crippen LogP contribution in [-0.4, -0.2) is 22.1 Å². The highest BCUT2D eigenvalue weighted by molar-refractivity contribution is 6.28. The van der Waals surface area contributed by atoms with Crippen LogP contribution in [0.1, 0.15) is 0 Å². The molecule has 20 heavy (non-hydrogen) atoms. The van der Waals surface area contributed by atoms with Crippen LogP contribution in [-0.2, 0) is 0 Å². The molecule has 0 saturated heterocycles. The average Bonchev–Trinajstić information content (AvgIpc) is 2.47. The summed E-state index contributed by atoms with van der Waals surface area (Å²) in [6.07, 6.45) is 0. The molecule has 3 rings (SSSR count). The molecule has 3 aromatic rings. The first kappa shape index (κ1) is 12.6. The van der Waals surface area contributed by atoms with E-state index in [1.54, 1.807) is 0 Å². The van der Waals surface area contributed by atoms with E-state index >= 15 is 0 Å². The van der Waals surface area contributed by atoms with Gasteiger partial charge in [0.05, 0.1) is 7.11 Å². The number of fused-ring (bicyclic) bond motifs is 1. The molecule has 0 bridgehead atoms. The van der Waals surface area contributed by atoms with E-state index in [9.17, 15) is 0 Å². The van der Waals surface area contributed by atoms with E-state index in [0.29, 0.717) is 5.95 Å². The van der Waals surface area contributed by atoms with Crippen LogP contribution in [0, 0.1) is 0 Å². The minimum Gasteiger partial charge on any atom is -0.467 e. The van der Waals surface area contributed by atoms with Gasteiger partial charge in [-0.25, -0.2) is 0 Å². The van der Waals surface area contributed by atoms with Gasteiger partial charge >= 0.3 is 6.01 Å². The van der Waals surface area contributed by atoms with Crippen molar-refractivity contribution in [1.82, 2.24) is 15.0 Å². The summed E-state index contributed by atoms with van der Waals surface area (Å²) < 4.78 is 4.97. The third-order valence-electron chi connectivity index (χ3n) is 2.81. The largest absolute Gasteiger partial charge is 0.467 e. The Morgan fingerprint density at radius 3 is 2.65 bits per heavy atom. The zero-order chi connectivity index (χ0) is 13.9. The molecule has 0 atom stereocenters. The number of rotatable bonds is 3. The second-order valence-electron chi connectivity index (χ2n) is 4.07. The summed E-state index contributed by atoms with van der Waals surface area (Å²) in [6.45, 7) is 0. The quantitative estimate of drug-likeness (QED) is 0.799. The van der Waals surface area contributed by atoms with Crippen LogP contribution in [0.4, 0.5) is 11.6 Å². The van der Waals surface area contributed by atoms with Crippen LogP contribution in [0.5, 0.6) is 6.01 Å². The molecule has 2 aromatic carbocycles. The van der Waals surface area contributed by atoms with Gasteiger partial charge in [0.1, 0.15) is 0 Å². The first-order valence-corrected chi connectivity index (χ1v) is 6.34. The van der Waals surface area contributed by atoms with Crippen molar-refractivity contribution in [2.45, 2.75) is 0 Å². The molecule has 0 radical (unpaired) electrons. The van der Waals surface area contributed by atoms with Gasteiger partial charge in [-0.2, -0.15) is 15.0 Å². The van der Waals surface area contributed by atoms with Gasteiger partial charge in [0.25, 0.3) is 0 Å². The van der Waals surface area contributed by atoms with E-state index in [1.165, 1.54) is 7.11 Å². The second-order valence-corrected chi connectivity index (χ2v) is 4.40. The lowest BCUT2D eigenvalue weighted by atomic mass is 10.1. The van der Waals surface area contributed by atoms with Crippen LogP contribution in [0.15, 0.2) is 42.5 Å². The Morgan fingerprint density at radius 1 is 1.00 bits per heavy atom. The summed E-state index contributed by atoms with van der Waals surface area (Å²) in [4.78, 5) is 12.0. The summed E-state index contributed by atoms with van der Waals surface area (Å²) in [6, 6.07) is 14.2. The van der Waals surface area contributed by atoms with Crippen molar-refractivity contribution in [3.63, 3.8) is 0 Å². The molecule has 0 aliphatic heterocycles. The van der Waals surface area contributed by atoms with Gasteiger partial charge < -0.3 is 10.1 Å². The second kappa shape index (κ2) is 5.30. The maximum absolute atomic E-state index is 5.83. The Balaban J connectivity index is 2.03. The zero-order valence-electron chi connectivity index (χ0n) is 10.7. The fraction of sp³-hybridized carbons (Fsp3) is 0.0714. The topological polar surface area (TPSA) is 59.9 Å². The molecular formula is C14H11ClN4O. The Hall–Kier alpha value is -2.40. The molecule has 0 amide bonds. The van der Waals surface area contributed by atoms with Crippen molar-refractivity contribution in [3.05, 3.63) is 47.7 Å². The summed E-state index contributed by atoms with van der Waals surface area (Å²) in [5.41, 5.74) is 0.896. The van der Waals surface area contributed by atoms with E-state index in [2.05, 4.69) is 20.3 Å². The number of hydrogen-bond donors (Lipinski definition) is 1. The lowest BCUT2D eigenvalue weighted by Gasteiger charge is -2.09. The Kier molecular flexibility index (Phi) is 3.35. The number of hydrogen-bond acceptors (Lipinski definition) is 5.